The third-order valence-corrected chi connectivity index (χ3v) is 3.61. The molecule has 0 aliphatic heterocycles. The molecule has 2 N–H and O–H groups in total. The van der Waals surface area contributed by atoms with Gasteiger partial charge in [-0.2, -0.15) is 0 Å². The van der Waals surface area contributed by atoms with Crippen molar-refractivity contribution in [3.63, 3.8) is 0 Å². The van der Waals surface area contributed by atoms with E-state index in [0.717, 1.165) is 5.96 Å². The summed E-state index contributed by atoms with van der Waals surface area (Å²) in [4.78, 5) is 17.7. The van der Waals surface area contributed by atoms with E-state index in [2.05, 4.69) is 15.6 Å². The van der Waals surface area contributed by atoms with Crippen LogP contribution in [0.5, 0.6) is 0 Å². The molecule has 0 atom stereocenters. The Kier molecular flexibility index (Phi) is 10.6. The maximum absolute atomic E-state index is 11.9. The molecule has 136 valence electrons. The Bertz CT molecular complexity index is 377. The molecule has 0 saturated heterocycles. The number of aliphatic imine (C=N–C) groups is 1. The predicted molar refractivity (Wildman–Crippen MR) is 106 cm³/mol. The number of hydrogen-bond donors (Lipinski definition) is 2. The molecule has 0 spiro atoms. The zero-order valence-electron chi connectivity index (χ0n) is 15.1. The van der Waals surface area contributed by atoms with Crippen molar-refractivity contribution in [3.05, 3.63) is 0 Å². The number of ether oxygens (including phenoxy) is 1. The molecule has 0 heterocycles. The van der Waals surface area contributed by atoms with Crippen molar-refractivity contribution in [2.75, 3.05) is 27.2 Å². The summed E-state index contributed by atoms with van der Waals surface area (Å²) >= 11 is 0. The van der Waals surface area contributed by atoms with E-state index in [1.165, 1.54) is 32.1 Å². The molecule has 1 saturated carbocycles. The topological polar surface area (TPSA) is 66.0 Å². The third-order valence-electron chi connectivity index (χ3n) is 3.61. The van der Waals surface area contributed by atoms with Crippen LogP contribution in [0.1, 0.15) is 52.9 Å². The Hall–Kier alpha value is -0.730. The number of nitrogens with zero attached hydrogens (tertiary/aromatic N) is 2. The van der Waals surface area contributed by atoms with Gasteiger partial charge in [0, 0.05) is 33.2 Å². The quantitative estimate of drug-likeness (QED) is 0.401. The van der Waals surface area contributed by atoms with E-state index in [1.54, 1.807) is 19.0 Å². The van der Waals surface area contributed by atoms with Gasteiger partial charge in [-0.3, -0.25) is 4.99 Å². The fourth-order valence-electron chi connectivity index (χ4n) is 2.41. The van der Waals surface area contributed by atoms with Gasteiger partial charge in [0.2, 0.25) is 0 Å². The average molecular weight is 440 g/mol. The van der Waals surface area contributed by atoms with Crippen LogP contribution in [-0.2, 0) is 4.74 Å². The molecule has 0 aromatic rings. The van der Waals surface area contributed by atoms with Crippen molar-refractivity contribution in [2.45, 2.75) is 64.5 Å². The average Bonchev–Trinajstić information content (AvgIpc) is 2.45. The fourth-order valence-corrected chi connectivity index (χ4v) is 2.41. The minimum absolute atomic E-state index is 0. The summed E-state index contributed by atoms with van der Waals surface area (Å²) in [7, 11) is 3.52. The van der Waals surface area contributed by atoms with Crippen molar-refractivity contribution >= 4 is 36.0 Å². The van der Waals surface area contributed by atoms with Crippen LogP contribution in [0, 0.1) is 0 Å². The smallest absolute Gasteiger partial charge is 0.410 e. The highest BCUT2D eigenvalue weighted by atomic mass is 127. The van der Waals surface area contributed by atoms with E-state index in [-0.39, 0.29) is 30.1 Å². The maximum Gasteiger partial charge on any atom is 0.410 e. The lowest BCUT2D eigenvalue weighted by Gasteiger charge is -2.26. The van der Waals surface area contributed by atoms with Crippen molar-refractivity contribution in [2.24, 2.45) is 4.99 Å². The molecule has 1 amide bonds. The SMILES string of the molecule is CN=C(NCCN(C)C(=O)OC(C)(C)C)NC1CCCCC1.I. The number of carbonyl (C=O) groups excluding carboxylic acids is 1. The maximum atomic E-state index is 11.9. The molecule has 1 aliphatic rings. The van der Waals surface area contributed by atoms with E-state index < -0.39 is 5.60 Å². The molecular weight excluding hydrogens is 407 g/mol. The van der Waals surface area contributed by atoms with E-state index >= 15 is 0 Å². The molecule has 7 heteroatoms. The van der Waals surface area contributed by atoms with Crippen molar-refractivity contribution in [3.8, 4) is 0 Å². The molecule has 0 aromatic carbocycles. The minimum atomic E-state index is -0.461. The van der Waals surface area contributed by atoms with Gasteiger partial charge in [0.15, 0.2) is 5.96 Å². The van der Waals surface area contributed by atoms with E-state index in [0.29, 0.717) is 19.1 Å². The molecule has 1 aliphatic carbocycles. The first-order valence-electron chi connectivity index (χ1n) is 8.23. The molecule has 0 radical (unpaired) electrons. The number of carbonyl (C=O) groups is 1. The molecule has 1 rings (SSSR count). The number of amides is 1. The van der Waals surface area contributed by atoms with Crippen LogP contribution in [0.25, 0.3) is 0 Å². The first-order valence-corrected chi connectivity index (χ1v) is 8.23. The normalized spacial score (nSPS) is 16.3. The second-order valence-corrected chi connectivity index (χ2v) is 6.88. The Morgan fingerprint density at radius 1 is 1.26 bits per heavy atom. The van der Waals surface area contributed by atoms with Gasteiger partial charge < -0.3 is 20.3 Å². The van der Waals surface area contributed by atoms with Gasteiger partial charge in [0.05, 0.1) is 0 Å². The summed E-state index contributed by atoms with van der Waals surface area (Å²) in [5, 5.41) is 6.71. The Morgan fingerprint density at radius 3 is 2.39 bits per heavy atom. The van der Waals surface area contributed by atoms with Gasteiger partial charge in [-0.05, 0) is 33.6 Å². The number of hydrogen-bond acceptors (Lipinski definition) is 3. The van der Waals surface area contributed by atoms with Gasteiger partial charge in [-0.1, -0.05) is 19.3 Å². The largest absolute Gasteiger partial charge is 0.444 e. The lowest BCUT2D eigenvalue weighted by atomic mass is 9.96. The van der Waals surface area contributed by atoms with Crippen LogP contribution in [0.3, 0.4) is 0 Å². The predicted octanol–water partition coefficient (Wildman–Crippen LogP) is 2.97. The van der Waals surface area contributed by atoms with Crippen LogP contribution in [-0.4, -0.2) is 55.8 Å². The second kappa shape index (κ2) is 10.9. The summed E-state index contributed by atoms with van der Waals surface area (Å²) in [6, 6.07) is 0.517. The summed E-state index contributed by atoms with van der Waals surface area (Å²) < 4.78 is 5.32. The summed E-state index contributed by atoms with van der Waals surface area (Å²) in [5.74, 6) is 0.810. The first kappa shape index (κ1) is 22.3. The lowest BCUT2D eigenvalue weighted by molar-refractivity contribution is 0.0302. The third kappa shape index (κ3) is 9.88. The molecule has 1 fully saturated rings. The van der Waals surface area contributed by atoms with Crippen molar-refractivity contribution in [1.82, 2.24) is 15.5 Å². The number of likely N-dealkylation sites (N-methyl/N-ethyl adjacent to an activating group) is 1. The number of rotatable bonds is 4. The number of guanidine groups is 1. The molecule has 6 nitrogen and oxygen atoms in total. The van der Waals surface area contributed by atoms with Gasteiger partial charge in [0.25, 0.3) is 0 Å². The van der Waals surface area contributed by atoms with Gasteiger partial charge in [-0.25, -0.2) is 4.79 Å². The summed E-state index contributed by atoms with van der Waals surface area (Å²) in [6.45, 7) is 6.81. The Morgan fingerprint density at radius 2 is 1.87 bits per heavy atom. The fraction of sp³-hybridized carbons (Fsp3) is 0.875. The van der Waals surface area contributed by atoms with Gasteiger partial charge in [-0.15, -0.1) is 24.0 Å². The summed E-state index contributed by atoms with van der Waals surface area (Å²) in [5.41, 5.74) is -0.461. The number of halogens is 1. The molecule has 0 aromatic heterocycles. The van der Waals surface area contributed by atoms with E-state index in [9.17, 15) is 4.79 Å². The van der Waals surface area contributed by atoms with Crippen LogP contribution < -0.4 is 10.6 Å². The molecule has 0 bridgehead atoms. The summed E-state index contributed by atoms with van der Waals surface area (Å²) in [6.07, 6.45) is 6.03. The Labute approximate surface area is 157 Å². The Balaban J connectivity index is 0.00000484. The monoisotopic (exact) mass is 440 g/mol. The van der Waals surface area contributed by atoms with Crippen LogP contribution in [0.4, 0.5) is 4.79 Å². The van der Waals surface area contributed by atoms with Crippen LogP contribution in [0.15, 0.2) is 4.99 Å². The van der Waals surface area contributed by atoms with Crippen LogP contribution >= 0.6 is 24.0 Å². The van der Waals surface area contributed by atoms with Gasteiger partial charge >= 0.3 is 6.09 Å². The first-order chi connectivity index (χ1) is 10.3. The molecule has 0 unspecified atom stereocenters. The highest BCUT2D eigenvalue weighted by Gasteiger charge is 2.19. The van der Waals surface area contributed by atoms with E-state index in [1.807, 2.05) is 20.8 Å². The molecular formula is C16H33IN4O2. The minimum Gasteiger partial charge on any atom is -0.444 e. The van der Waals surface area contributed by atoms with Crippen molar-refractivity contribution in [1.29, 1.82) is 0 Å². The zero-order valence-corrected chi connectivity index (χ0v) is 17.5. The molecule has 23 heavy (non-hydrogen) atoms. The van der Waals surface area contributed by atoms with Gasteiger partial charge in [0.1, 0.15) is 5.60 Å². The standard InChI is InChI=1S/C16H32N4O2.HI/c1-16(2,3)22-15(21)20(5)12-11-18-14(17-4)19-13-9-7-6-8-10-13;/h13H,6-12H2,1-5H3,(H2,17,18,19);1H. The number of nitrogens with one attached hydrogen (secondary N) is 2. The highest BCUT2D eigenvalue weighted by Crippen LogP contribution is 2.17. The zero-order chi connectivity index (χ0) is 16.6. The van der Waals surface area contributed by atoms with Crippen LogP contribution in [0.2, 0.25) is 0 Å². The second-order valence-electron chi connectivity index (χ2n) is 6.88. The lowest BCUT2D eigenvalue weighted by Crippen LogP contribution is -2.46. The van der Waals surface area contributed by atoms with E-state index in [4.69, 9.17) is 4.74 Å². The van der Waals surface area contributed by atoms with Crippen molar-refractivity contribution < 1.29 is 9.53 Å². The highest BCUT2D eigenvalue weighted by molar-refractivity contribution is 14.0.